The molecule has 2 aromatic carbocycles. The number of aromatic nitrogens is 4. The van der Waals surface area contributed by atoms with Gasteiger partial charge in [-0.25, -0.2) is 13.8 Å². The molecule has 0 spiro atoms. The van der Waals surface area contributed by atoms with Crippen LogP contribution in [0.1, 0.15) is 30.1 Å². The van der Waals surface area contributed by atoms with Crippen LogP contribution in [0.5, 0.6) is 0 Å². The SMILES string of the molecule is CC1C2CC(C2)N(C(=O)c2cc(F)ccc2-n2nccn2)C1CNc1nc2ccc(F)cc2s1. The van der Waals surface area contributed by atoms with Gasteiger partial charge in [-0.2, -0.15) is 15.0 Å². The molecule has 7 rings (SSSR count). The summed E-state index contributed by atoms with van der Waals surface area (Å²) in [5.74, 6) is -0.164. The first-order valence-corrected chi connectivity index (χ1v) is 12.1. The lowest BCUT2D eigenvalue weighted by Gasteiger charge is -2.57. The van der Waals surface area contributed by atoms with Crippen LogP contribution in [0.3, 0.4) is 0 Å². The smallest absolute Gasteiger partial charge is 0.256 e. The number of rotatable bonds is 5. The molecule has 10 heteroatoms. The average molecular weight is 481 g/mol. The number of nitrogens with zero attached hydrogens (tertiary/aromatic N) is 5. The van der Waals surface area contributed by atoms with Crippen molar-refractivity contribution in [2.75, 3.05) is 11.9 Å². The first kappa shape index (κ1) is 21.2. The fraction of sp³-hybridized carbons (Fsp3) is 0.333. The van der Waals surface area contributed by atoms with Crippen molar-refractivity contribution in [1.29, 1.82) is 0 Å². The number of benzene rings is 2. The molecule has 1 amide bonds. The minimum absolute atomic E-state index is 0.0875. The summed E-state index contributed by atoms with van der Waals surface area (Å²) in [5.41, 5.74) is 1.43. The maximum Gasteiger partial charge on any atom is 0.256 e. The van der Waals surface area contributed by atoms with Gasteiger partial charge in [0, 0.05) is 12.6 Å². The Balaban J connectivity index is 1.30. The van der Waals surface area contributed by atoms with Crippen molar-refractivity contribution in [3.8, 4) is 5.69 Å². The van der Waals surface area contributed by atoms with Gasteiger partial charge in [-0.3, -0.25) is 4.79 Å². The van der Waals surface area contributed by atoms with Gasteiger partial charge in [0.1, 0.15) is 11.6 Å². The molecular formula is C24H22F2N6OS. The molecule has 1 saturated carbocycles. The Morgan fingerprint density at radius 1 is 1.12 bits per heavy atom. The fourth-order valence-electron chi connectivity index (χ4n) is 5.22. The Bertz CT molecular complexity index is 1370. The number of fused-ring (bicyclic) bond motifs is 3. The Labute approximate surface area is 198 Å². The van der Waals surface area contributed by atoms with E-state index in [1.54, 1.807) is 6.07 Å². The summed E-state index contributed by atoms with van der Waals surface area (Å²) >= 11 is 1.39. The standard InChI is InChI=1S/C24H22F2N6OS/c1-13-14-8-17(9-14)31(21(13)12-27-24-30-19-4-2-16(26)11-22(19)34-24)23(33)18-10-15(25)3-5-20(18)32-28-6-7-29-32/h2-7,10-11,13-14,17,21H,8-9,12H2,1H3,(H,27,30). The van der Waals surface area contributed by atoms with Gasteiger partial charge in [0.05, 0.1) is 39.9 Å². The van der Waals surface area contributed by atoms with Gasteiger partial charge in [0.2, 0.25) is 0 Å². The zero-order valence-electron chi connectivity index (χ0n) is 18.4. The number of anilines is 1. The Morgan fingerprint density at radius 3 is 2.65 bits per heavy atom. The molecule has 174 valence electrons. The second-order valence-electron chi connectivity index (χ2n) is 9.02. The van der Waals surface area contributed by atoms with E-state index in [9.17, 15) is 13.6 Å². The summed E-state index contributed by atoms with van der Waals surface area (Å²) in [4.78, 5) is 21.7. The zero-order chi connectivity index (χ0) is 23.4. The van der Waals surface area contributed by atoms with Crippen LogP contribution < -0.4 is 5.32 Å². The molecule has 2 aliphatic heterocycles. The highest BCUT2D eigenvalue weighted by molar-refractivity contribution is 7.22. The van der Waals surface area contributed by atoms with Crippen LogP contribution >= 0.6 is 11.3 Å². The Hall–Kier alpha value is -3.40. The van der Waals surface area contributed by atoms with Crippen LogP contribution in [0.2, 0.25) is 0 Å². The molecule has 2 bridgehead atoms. The molecule has 2 atom stereocenters. The van der Waals surface area contributed by atoms with Crippen molar-refractivity contribution in [1.82, 2.24) is 24.9 Å². The number of nitrogens with one attached hydrogen (secondary N) is 1. The van der Waals surface area contributed by atoms with Crippen molar-refractivity contribution in [2.45, 2.75) is 31.8 Å². The number of hydrogen-bond donors (Lipinski definition) is 1. The number of hydrogen-bond acceptors (Lipinski definition) is 6. The molecule has 4 heterocycles. The lowest BCUT2D eigenvalue weighted by atomic mass is 9.64. The lowest BCUT2D eigenvalue weighted by Crippen LogP contribution is -2.64. The van der Waals surface area contributed by atoms with E-state index in [1.165, 1.54) is 58.9 Å². The summed E-state index contributed by atoms with van der Waals surface area (Å²) in [5, 5.41) is 12.3. The van der Waals surface area contributed by atoms with Crippen LogP contribution in [0.15, 0.2) is 48.8 Å². The highest BCUT2D eigenvalue weighted by Gasteiger charge is 2.50. The van der Waals surface area contributed by atoms with Gasteiger partial charge in [-0.05, 0) is 61.1 Å². The topological polar surface area (TPSA) is 75.9 Å². The quantitative estimate of drug-likeness (QED) is 0.455. The number of halogens is 2. The molecule has 1 aliphatic carbocycles. The van der Waals surface area contributed by atoms with E-state index in [0.717, 1.165) is 23.1 Å². The third kappa shape index (κ3) is 3.53. The largest absolute Gasteiger partial charge is 0.359 e. The minimum atomic E-state index is -0.479. The van der Waals surface area contributed by atoms with Crippen LogP contribution in [0.25, 0.3) is 15.9 Å². The third-order valence-corrected chi connectivity index (χ3v) is 8.10. The summed E-state index contributed by atoms with van der Waals surface area (Å²) in [6.07, 6.45) is 4.95. The number of carbonyl (C=O) groups is 1. The van der Waals surface area contributed by atoms with E-state index in [4.69, 9.17) is 0 Å². The first-order valence-electron chi connectivity index (χ1n) is 11.3. The average Bonchev–Trinajstić information content (AvgIpc) is 3.46. The Kier molecular flexibility index (Phi) is 5.05. The van der Waals surface area contributed by atoms with E-state index in [2.05, 4.69) is 27.4 Å². The van der Waals surface area contributed by atoms with Crippen molar-refractivity contribution >= 4 is 32.6 Å². The molecule has 2 saturated heterocycles. The number of amides is 1. The first-order chi connectivity index (χ1) is 16.5. The molecular weight excluding hydrogens is 458 g/mol. The molecule has 34 heavy (non-hydrogen) atoms. The zero-order valence-corrected chi connectivity index (χ0v) is 19.2. The molecule has 2 unspecified atom stereocenters. The Morgan fingerprint density at radius 2 is 1.85 bits per heavy atom. The molecule has 4 aromatic rings. The van der Waals surface area contributed by atoms with Gasteiger partial charge in [-0.15, -0.1) is 0 Å². The van der Waals surface area contributed by atoms with Gasteiger partial charge < -0.3 is 10.2 Å². The number of carbonyl (C=O) groups excluding carboxylic acids is 1. The van der Waals surface area contributed by atoms with E-state index < -0.39 is 5.82 Å². The maximum atomic E-state index is 14.2. The lowest BCUT2D eigenvalue weighted by molar-refractivity contribution is -0.0502. The van der Waals surface area contributed by atoms with Crippen LogP contribution in [-0.4, -0.2) is 49.4 Å². The normalized spacial score (nSPS) is 23.7. The molecule has 3 aliphatic rings. The third-order valence-electron chi connectivity index (χ3n) is 7.12. The maximum absolute atomic E-state index is 14.2. The highest BCUT2D eigenvalue weighted by Crippen LogP contribution is 2.47. The van der Waals surface area contributed by atoms with E-state index >= 15 is 0 Å². The predicted octanol–water partition coefficient (Wildman–Crippen LogP) is 4.51. The van der Waals surface area contributed by atoms with Gasteiger partial charge in [0.25, 0.3) is 5.91 Å². The second-order valence-corrected chi connectivity index (χ2v) is 10.0. The van der Waals surface area contributed by atoms with Crippen molar-refractivity contribution in [3.05, 3.63) is 66.0 Å². The van der Waals surface area contributed by atoms with Crippen LogP contribution in [-0.2, 0) is 0 Å². The number of thiazole rings is 1. The minimum Gasteiger partial charge on any atom is -0.359 e. The predicted molar refractivity (Wildman–Crippen MR) is 125 cm³/mol. The van der Waals surface area contributed by atoms with Crippen molar-refractivity contribution in [2.24, 2.45) is 11.8 Å². The molecule has 3 fully saturated rings. The summed E-state index contributed by atoms with van der Waals surface area (Å²) in [7, 11) is 0. The van der Waals surface area contributed by atoms with Crippen LogP contribution in [0.4, 0.5) is 13.9 Å². The summed E-state index contributed by atoms with van der Waals surface area (Å²) in [6, 6.07) is 8.67. The molecule has 7 nitrogen and oxygen atoms in total. The highest BCUT2D eigenvalue weighted by atomic mass is 32.1. The fourth-order valence-corrected chi connectivity index (χ4v) is 6.12. The molecule has 2 aromatic heterocycles. The molecule has 1 N–H and O–H groups in total. The van der Waals surface area contributed by atoms with E-state index in [0.29, 0.717) is 23.3 Å². The monoisotopic (exact) mass is 480 g/mol. The second kappa shape index (κ2) is 8.12. The van der Waals surface area contributed by atoms with Gasteiger partial charge in [0.15, 0.2) is 5.13 Å². The van der Waals surface area contributed by atoms with Gasteiger partial charge >= 0.3 is 0 Å². The van der Waals surface area contributed by atoms with E-state index in [1.807, 2.05) is 4.90 Å². The van der Waals surface area contributed by atoms with Crippen LogP contribution in [0, 0.1) is 23.5 Å². The van der Waals surface area contributed by atoms with Crippen molar-refractivity contribution in [3.63, 3.8) is 0 Å². The van der Waals surface area contributed by atoms with Gasteiger partial charge in [-0.1, -0.05) is 18.3 Å². The summed E-state index contributed by atoms with van der Waals surface area (Å²) < 4.78 is 28.6. The van der Waals surface area contributed by atoms with E-state index in [-0.39, 0.29) is 35.3 Å². The van der Waals surface area contributed by atoms with Crippen molar-refractivity contribution < 1.29 is 13.6 Å². The summed E-state index contributed by atoms with van der Waals surface area (Å²) in [6.45, 7) is 2.68. The molecule has 0 radical (unpaired) electrons. The number of piperidine rings is 2.